The van der Waals surface area contributed by atoms with Gasteiger partial charge in [0.05, 0.1) is 10.9 Å². The van der Waals surface area contributed by atoms with E-state index in [0.717, 1.165) is 42.1 Å². The van der Waals surface area contributed by atoms with Gasteiger partial charge in [-0.3, -0.25) is 9.59 Å². The van der Waals surface area contributed by atoms with Crippen molar-refractivity contribution >= 4 is 23.2 Å². The molecule has 0 spiro atoms. The van der Waals surface area contributed by atoms with Crippen molar-refractivity contribution < 1.29 is 9.59 Å². The van der Waals surface area contributed by atoms with E-state index in [1.165, 1.54) is 11.1 Å². The first-order chi connectivity index (χ1) is 13.0. The van der Waals surface area contributed by atoms with E-state index in [1.54, 1.807) is 11.3 Å². The topological polar surface area (TPSA) is 40.6 Å². The Morgan fingerprint density at radius 3 is 2.63 bits per heavy atom. The van der Waals surface area contributed by atoms with Crippen LogP contribution in [0.1, 0.15) is 58.4 Å². The second-order valence-corrected chi connectivity index (χ2v) is 8.91. The second kappa shape index (κ2) is 7.47. The molecular weight excluding hydrogens is 356 g/mol. The van der Waals surface area contributed by atoms with Crippen LogP contribution in [0.25, 0.3) is 0 Å². The quantitative estimate of drug-likeness (QED) is 0.796. The van der Waals surface area contributed by atoms with Crippen molar-refractivity contribution in [3.8, 4) is 0 Å². The zero-order chi connectivity index (χ0) is 19.0. The van der Waals surface area contributed by atoms with Crippen molar-refractivity contribution in [2.24, 2.45) is 5.92 Å². The van der Waals surface area contributed by atoms with Gasteiger partial charge in [0.2, 0.25) is 5.91 Å². The molecule has 0 aliphatic carbocycles. The number of amides is 2. The van der Waals surface area contributed by atoms with Crippen LogP contribution in [0.15, 0.2) is 36.4 Å². The Morgan fingerprint density at radius 1 is 1.07 bits per heavy atom. The van der Waals surface area contributed by atoms with Crippen molar-refractivity contribution in [2.75, 3.05) is 13.1 Å². The molecule has 4 nitrogen and oxygen atoms in total. The van der Waals surface area contributed by atoms with Crippen LogP contribution < -0.4 is 0 Å². The molecule has 1 atom stereocenters. The summed E-state index contributed by atoms with van der Waals surface area (Å²) in [6.45, 7) is 6.18. The van der Waals surface area contributed by atoms with E-state index >= 15 is 0 Å². The third kappa shape index (κ3) is 3.53. The predicted octanol–water partition coefficient (Wildman–Crippen LogP) is 4.27. The summed E-state index contributed by atoms with van der Waals surface area (Å²) in [7, 11) is 0. The number of carbonyl (C=O) groups excluding carboxylic acids is 2. The lowest BCUT2D eigenvalue weighted by molar-refractivity contribution is -0.135. The average molecular weight is 383 g/mol. The maximum absolute atomic E-state index is 13.0. The lowest BCUT2D eigenvalue weighted by Gasteiger charge is -2.28. The predicted molar refractivity (Wildman–Crippen MR) is 108 cm³/mol. The summed E-state index contributed by atoms with van der Waals surface area (Å²) in [5, 5.41) is 0. The molecule has 27 heavy (non-hydrogen) atoms. The molecule has 1 aromatic heterocycles. The van der Waals surface area contributed by atoms with Crippen LogP contribution in [0.4, 0.5) is 0 Å². The van der Waals surface area contributed by atoms with Gasteiger partial charge in [0, 0.05) is 30.4 Å². The van der Waals surface area contributed by atoms with Gasteiger partial charge >= 0.3 is 0 Å². The van der Waals surface area contributed by atoms with E-state index in [1.807, 2.05) is 41.8 Å². The van der Waals surface area contributed by atoms with Crippen LogP contribution in [0, 0.1) is 5.92 Å². The minimum Gasteiger partial charge on any atom is -0.335 e. The molecule has 2 aliphatic heterocycles. The van der Waals surface area contributed by atoms with Crippen LogP contribution >= 0.6 is 11.3 Å². The number of nitrogens with zero attached hydrogens (tertiary/aromatic N) is 2. The van der Waals surface area contributed by atoms with Crippen molar-refractivity contribution in [3.05, 3.63) is 57.3 Å². The number of hydrogen-bond donors (Lipinski definition) is 0. The molecular formula is C22H26N2O2S. The molecule has 0 bridgehead atoms. The second-order valence-electron chi connectivity index (χ2n) is 7.79. The number of likely N-dealkylation sites (tertiary alicyclic amines) is 1. The van der Waals surface area contributed by atoms with E-state index < -0.39 is 0 Å². The molecule has 4 rings (SSSR count). The molecule has 0 saturated carbocycles. The minimum atomic E-state index is 0.0140. The lowest BCUT2D eigenvalue weighted by atomic mass is 10.00. The molecule has 1 aromatic carbocycles. The van der Waals surface area contributed by atoms with Crippen LogP contribution in [0.5, 0.6) is 0 Å². The number of hydrogen-bond acceptors (Lipinski definition) is 3. The van der Waals surface area contributed by atoms with Crippen LogP contribution in [0.2, 0.25) is 0 Å². The lowest BCUT2D eigenvalue weighted by Crippen LogP contribution is -2.35. The van der Waals surface area contributed by atoms with E-state index in [4.69, 9.17) is 0 Å². The molecule has 0 N–H and O–H groups in total. The Labute approximate surface area is 164 Å². The normalized spacial score (nSPS) is 19.4. The number of benzene rings is 1. The summed E-state index contributed by atoms with van der Waals surface area (Å²) >= 11 is 1.56. The zero-order valence-corrected chi connectivity index (χ0v) is 16.8. The molecule has 1 saturated heterocycles. The van der Waals surface area contributed by atoms with Crippen molar-refractivity contribution in [2.45, 2.75) is 45.7 Å². The number of thiophene rings is 1. The molecule has 5 heteroatoms. The summed E-state index contributed by atoms with van der Waals surface area (Å²) in [6, 6.07) is 12.5. The van der Waals surface area contributed by atoms with Crippen LogP contribution in [-0.2, 0) is 17.8 Å². The Hall–Kier alpha value is -2.14. The fourth-order valence-corrected chi connectivity index (χ4v) is 5.25. The minimum absolute atomic E-state index is 0.0140. The summed E-state index contributed by atoms with van der Waals surface area (Å²) in [6.07, 6.45) is 2.94. The summed E-state index contributed by atoms with van der Waals surface area (Å²) in [5.41, 5.74) is 2.60. The maximum Gasteiger partial charge on any atom is 0.264 e. The summed E-state index contributed by atoms with van der Waals surface area (Å²) in [4.78, 5) is 31.4. The van der Waals surface area contributed by atoms with Gasteiger partial charge in [-0.05, 0) is 42.5 Å². The van der Waals surface area contributed by atoms with Crippen molar-refractivity contribution in [1.82, 2.24) is 9.80 Å². The third-order valence-corrected chi connectivity index (χ3v) is 6.79. The maximum atomic E-state index is 13.0. The Bertz CT molecular complexity index is 858. The van der Waals surface area contributed by atoms with Gasteiger partial charge in [0.15, 0.2) is 0 Å². The Morgan fingerprint density at radius 2 is 1.85 bits per heavy atom. The first-order valence-electron chi connectivity index (χ1n) is 9.81. The average Bonchev–Trinajstić information content (AvgIpc) is 3.35. The number of fused-ring (bicyclic) bond motifs is 1. The smallest absolute Gasteiger partial charge is 0.264 e. The molecule has 1 unspecified atom stereocenters. The highest BCUT2D eigenvalue weighted by Crippen LogP contribution is 2.37. The van der Waals surface area contributed by atoms with E-state index in [2.05, 4.69) is 18.2 Å². The molecule has 2 amide bonds. The first kappa shape index (κ1) is 18.2. The summed E-state index contributed by atoms with van der Waals surface area (Å²) in [5.74, 6) is 0.340. The Kier molecular flexibility index (Phi) is 5.04. The molecule has 2 aromatic rings. The molecule has 0 radical (unpaired) electrons. The van der Waals surface area contributed by atoms with E-state index in [0.29, 0.717) is 6.54 Å². The van der Waals surface area contributed by atoms with Crippen LogP contribution in [0.3, 0.4) is 0 Å². The molecule has 3 heterocycles. The number of rotatable bonds is 3. The monoisotopic (exact) mass is 382 g/mol. The highest BCUT2D eigenvalue weighted by Gasteiger charge is 2.33. The van der Waals surface area contributed by atoms with Gasteiger partial charge in [-0.2, -0.15) is 0 Å². The van der Waals surface area contributed by atoms with Gasteiger partial charge in [0.1, 0.15) is 0 Å². The largest absolute Gasteiger partial charge is 0.335 e. The number of carbonyl (C=O) groups is 2. The fraction of sp³-hybridized carbons (Fsp3) is 0.455. The fourth-order valence-electron chi connectivity index (χ4n) is 4.13. The van der Waals surface area contributed by atoms with Gasteiger partial charge in [-0.1, -0.05) is 38.1 Å². The third-order valence-electron chi connectivity index (χ3n) is 5.61. The zero-order valence-electron chi connectivity index (χ0n) is 16.0. The van der Waals surface area contributed by atoms with E-state index in [-0.39, 0.29) is 23.8 Å². The SMILES string of the molecule is CC(C)C(=O)N1CCCC1c1ccc(C(=O)N2CCc3ccccc3C2)s1. The van der Waals surface area contributed by atoms with Gasteiger partial charge in [-0.25, -0.2) is 0 Å². The van der Waals surface area contributed by atoms with Gasteiger partial charge in [0.25, 0.3) is 5.91 Å². The standard InChI is InChI=1S/C22H26N2O2S/c1-15(2)21(25)24-12-5-8-18(24)19-9-10-20(27-19)22(26)23-13-11-16-6-3-4-7-17(16)14-23/h3-4,6-7,9-10,15,18H,5,8,11-14H2,1-2H3. The van der Waals surface area contributed by atoms with Gasteiger partial charge < -0.3 is 9.80 Å². The summed E-state index contributed by atoms with van der Waals surface area (Å²) < 4.78 is 0. The molecule has 2 aliphatic rings. The van der Waals surface area contributed by atoms with E-state index in [9.17, 15) is 9.59 Å². The Balaban J connectivity index is 1.49. The first-order valence-corrected chi connectivity index (χ1v) is 10.6. The highest BCUT2D eigenvalue weighted by molar-refractivity contribution is 7.14. The molecule has 142 valence electrons. The van der Waals surface area contributed by atoms with Crippen LogP contribution in [-0.4, -0.2) is 34.7 Å². The highest BCUT2D eigenvalue weighted by atomic mass is 32.1. The van der Waals surface area contributed by atoms with Crippen molar-refractivity contribution in [3.63, 3.8) is 0 Å². The molecule has 1 fully saturated rings. The van der Waals surface area contributed by atoms with Gasteiger partial charge in [-0.15, -0.1) is 11.3 Å². The van der Waals surface area contributed by atoms with Crippen molar-refractivity contribution in [1.29, 1.82) is 0 Å².